The lowest BCUT2D eigenvalue weighted by Crippen LogP contribution is -1.98. The van der Waals surface area contributed by atoms with Gasteiger partial charge in [-0.25, -0.2) is 4.39 Å². The second-order valence-corrected chi connectivity index (χ2v) is 5.03. The summed E-state index contributed by atoms with van der Waals surface area (Å²) in [7, 11) is 7.55. The van der Waals surface area contributed by atoms with Crippen LogP contribution in [0.5, 0.6) is 23.0 Å². The summed E-state index contributed by atoms with van der Waals surface area (Å²) in [5.41, 5.74) is 2.00. The predicted molar refractivity (Wildman–Crippen MR) is 93.1 cm³/mol. The summed E-state index contributed by atoms with van der Waals surface area (Å²) in [6, 6.07) is 8.23. The van der Waals surface area contributed by atoms with E-state index in [1.54, 1.807) is 24.3 Å². The molecule has 0 aliphatic rings. The van der Waals surface area contributed by atoms with Crippen LogP contribution in [0.1, 0.15) is 11.1 Å². The number of halogens is 1. The van der Waals surface area contributed by atoms with Gasteiger partial charge < -0.3 is 23.7 Å². The zero-order valence-electron chi connectivity index (χ0n) is 14.9. The highest BCUT2D eigenvalue weighted by molar-refractivity contribution is 5.81. The van der Waals surface area contributed by atoms with Gasteiger partial charge in [0.05, 0.1) is 41.8 Å². The minimum atomic E-state index is -0.463. The molecule has 2 rings (SSSR count). The SMILES string of the molecule is CO/C=C(\c1ccc(OC)c(F)c1)c1cc(OC)c(OC)c(OC)c1. The Balaban J connectivity index is 2.62. The standard InChI is InChI=1S/C19H21FO5/c1-21-11-14(12-6-7-16(22-2)15(20)8-12)13-9-17(23-3)19(25-5)18(10-13)24-4/h6-11H,1-5H3/b14-11+. The van der Waals surface area contributed by atoms with E-state index in [2.05, 4.69) is 0 Å². The molecule has 5 nitrogen and oxygen atoms in total. The highest BCUT2D eigenvalue weighted by Crippen LogP contribution is 2.41. The Bertz CT molecular complexity index is 745. The van der Waals surface area contributed by atoms with Gasteiger partial charge in [-0.1, -0.05) is 6.07 Å². The van der Waals surface area contributed by atoms with Crippen LogP contribution in [0, 0.1) is 5.82 Å². The molecule has 2 aromatic carbocycles. The lowest BCUT2D eigenvalue weighted by Gasteiger charge is -2.16. The molecule has 0 aromatic heterocycles. The van der Waals surface area contributed by atoms with Crippen molar-refractivity contribution in [3.8, 4) is 23.0 Å². The number of benzene rings is 2. The molecule has 2 aromatic rings. The molecule has 0 atom stereocenters. The molecule has 0 aliphatic carbocycles. The Kier molecular flexibility index (Phi) is 6.11. The summed E-state index contributed by atoms with van der Waals surface area (Å²) in [4.78, 5) is 0. The maximum absolute atomic E-state index is 14.1. The quantitative estimate of drug-likeness (QED) is 0.710. The third-order valence-electron chi connectivity index (χ3n) is 3.67. The third-order valence-corrected chi connectivity index (χ3v) is 3.67. The van der Waals surface area contributed by atoms with Gasteiger partial charge in [-0.15, -0.1) is 0 Å². The molecule has 0 aliphatic heterocycles. The molecule has 0 fully saturated rings. The first-order valence-electron chi connectivity index (χ1n) is 7.46. The Morgan fingerprint density at radius 3 is 1.80 bits per heavy atom. The summed E-state index contributed by atoms with van der Waals surface area (Å²) in [5, 5.41) is 0. The number of methoxy groups -OCH3 is 5. The molecule has 0 unspecified atom stereocenters. The van der Waals surface area contributed by atoms with Crippen molar-refractivity contribution in [3.63, 3.8) is 0 Å². The lowest BCUT2D eigenvalue weighted by molar-refractivity contribution is 0.324. The summed E-state index contributed by atoms with van der Waals surface area (Å²) < 4.78 is 40.3. The van der Waals surface area contributed by atoms with Crippen molar-refractivity contribution < 1.29 is 28.1 Å². The van der Waals surface area contributed by atoms with E-state index in [4.69, 9.17) is 23.7 Å². The molecule has 0 heterocycles. The molecule has 0 saturated carbocycles. The van der Waals surface area contributed by atoms with Gasteiger partial charge in [0, 0.05) is 5.57 Å². The zero-order valence-corrected chi connectivity index (χ0v) is 14.9. The molecule has 134 valence electrons. The van der Waals surface area contributed by atoms with E-state index in [1.165, 1.54) is 47.9 Å². The van der Waals surface area contributed by atoms with Gasteiger partial charge in [-0.05, 0) is 35.4 Å². The van der Waals surface area contributed by atoms with Crippen molar-refractivity contribution >= 4 is 5.57 Å². The van der Waals surface area contributed by atoms with Crippen molar-refractivity contribution in [1.82, 2.24) is 0 Å². The molecule has 0 bridgehead atoms. The van der Waals surface area contributed by atoms with Crippen LogP contribution in [0.2, 0.25) is 0 Å². The Labute approximate surface area is 146 Å². The summed E-state index contributed by atoms with van der Waals surface area (Å²) in [6.45, 7) is 0. The smallest absolute Gasteiger partial charge is 0.203 e. The van der Waals surface area contributed by atoms with E-state index in [0.717, 1.165) is 5.56 Å². The van der Waals surface area contributed by atoms with E-state index >= 15 is 0 Å². The highest BCUT2D eigenvalue weighted by atomic mass is 19.1. The highest BCUT2D eigenvalue weighted by Gasteiger charge is 2.17. The Morgan fingerprint density at radius 2 is 1.36 bits per heavy atom. The minimum Gasteiger partial charge on any atom is -0.504 e. The molecule has 0 radical (unpaired) electrons. The number of hydrogen-bond donors (Lipinski definition) is 0. The molecule has 6 heteroatoms. The summed E-state index contributed by atoms with van der Waals surface area (Å²) in [6.07, 6.45) is 1.53. The van der Waals surface area contributed by atoms with E-state index < -0.39 is 5.82 Å². The van der Waals surface area contributed by atoms with Gasteiger partial charge in [0.1, 0.15) is 0 Å². The van der Waals surface area contributed by atoms with Crippen LogP contribution in [-0.2, 0) is 4.74 Å². The Morgan fingerprint density at radius 1 is 0.760 bits per heavy atom. The van der Waals surface area contributed by atoms with E-state index in [0.29, 0.717) is 28.4 Å². The van der Waals surface area contributed by atoms with Crippen molar-refractivity contribution in [1.29, 1.82) is 0 Å². The van der Waals surface area contributed by atoms with Crippen molar-refractivity contribution in [2.24, 2.45) is 0 Å². The molecule has 0 saturated heterocycles. The average molecular weight is 348 g/mol. The molecule has 0 amide bonds. The van der Waals surface area contributed by atoms with E-state index in [-0.39, 0.29) is 5.75 Å². The van der Waals surface area contributed by atoms with Gasteiger partial charge in [-0.2, -0.15) is 0 Å². The van der Waals surface area contributed by atoms with Gasteiger partial charge in [0.15, 0.2) is 23.1 Å². The van der Waals surface area contributed by atoms with Crippen LogP contribution >= 0.6 is 0 Å². The fourth-order valence-electron chi connectivity index (χ4n) is 2.49. The molecular weight excluding hydrogens is 327 g/mol. The summed E-state index contributed by atoms with van der Waals surface area (Å²) in [5.74, 6) is 1.17. The molecule has 25 heavy (non-hydrogen) atoms. The number of ether oxygens (including phenoxy) is 5. The van der Waals surface area contributed by atoms with Crippen LogP contribution in [0.25, 0.3) is 5.57 Å². The summed E-state index contributed by atoms with van der Waals surface area (Å²) >= 11 is 0. The topological polar surface area (TPSA) is 46.2 Å². The van der Waals surface area contributed by atoms with Crippen LogP contribution in [0.4, 0.5) is 4.39 Å². The maximum atomic E-state index is 14.1. The number of rotatable bonds is 7. The van der Waals surface area contributed by atoms with Crippen molar-refractivity contribution in [2.45, 2.75) is 0 Å². The fraction of sp³-hybridized carbons (Fsp3) is 0.263. The van der Waals surface area contributed by atoms with Crippen LogP contribution in [-0.4, -0.2) is 35.5 Å². The lowest BCUT2D eigenvalue weighted by atomic mass is 9.98. The number of hydrogen-bond acceptors (Lipinski definition) is 5. The molecular formula is C19H21FO5. The van der Waals surface area contributed by atoms with Crippen molar-refractivity contribution in [2.75, 3.05) is 35.5 Å². The van der Waals surface area contributed by atoms with Gasteiger partial charge in [0.2, 0.25) is 5.75 Å². The maximum Gasteiger partial charge on any atom is 0.203 e. The first-order valence-corrected chi connectivity index (χ1v) is 7.46. The average Bonchev–Trinajstić information content (AvgIpc) is 2.64. The molecule has 0 N–H and O–H groups in total. The van der Waals surface area contributed by atoms with E-state index in [1.807, 2.05) is 0 Å². The first kappa shape index (κ1) is 18.4. The fourth-order valence-corrected chi connectivity index (χ4v) is 2.49. The van der Waals surface area contributed by atoms with Gasteiger partial charge in [0.25, 0.3) is 0 Å². The van der Waals surface area contributed by atoms with Gasteiger partial charge >= 0.3 is 0 Å². The second kappa shape index (κ2) is 8.28. The normalized spacial score (nSPS) is 11.0. The third kappa shape index (κ3) is 3.79. The monoisotopic (exact) mass is 348 g/mol. The largest absolute Gasteiger partial charge is 0.504 e. The predicted octanol–water partition coefficient (Wildman–Crippen LogP) is 3.90. The Hall–Kier alpha value is -2.89. The van der Waals surface area contributed by atoms with Crippen LogP contribution in [0.15, 0.2) is 36.6 Å². The van der Waals surface area contributed by atoms with Gasteiger partial charge in [-0.3, -0.25) is 0 Å². The molecule has 0 spiro atoms. The second-order valence-electron chi connectivity index (χ2n) is 5.03. The van der Waals surface area contributed by atoms with Crippen molar-refractivity contribution in [3.05, 3.63) is 53.5 Å². The zero-order chi connectivity index (χ0) is 18.4. The van der Waals surface area contributed by atoms with Crippen LogP contribution < -0.4 is 18.9 Å². The van der Waals surface area contributed by atoms with E-state index in [9.17, 15) is 4.39 Å². The minimum absolute atomic E-state index is 0.172. The first-order chi connectivity index (χ1) is 12.1. The van der Waals surface area contributed by atoms with Crippen LogP contribution in [0.3, 0.4) is 0 Å².